The van der Waals surface area contributed by atoms with E-state index in [4.69, 9.17) is 5.73 Å². The van der Waals surface area contributed by atoms with Crippen LogP contribution in [0.1, 0.15) is 22.7 Å². The lowest BCUT2D eigenvalue weighted by molar-refractivity contribution is 0.304. The first-order valence-corrected chi connectivity index (χ1v) is 14.0. The second-order valence-electron chi connectivity index (χ2n) is 8.72. The SMILES string of the molecule is Cc1ccc(S(=O)(=O)n2c(-c3ccc(S(C)(=O)=O)cc3)cc3c4c(ccc32)[C@@H](N)[C@@H](F)C4)cc1. The van der Waals surface area contributed by atoms with Crippen LogP contribution in [0, 0.1) is 6.92 Å². The molecule has 0 saturated heterocycles. The molecule has 5 rings (SSSR count). The van der Waals surface area contributed by atoms with Crippen molar-refractivity contribution in [2.45, 2.75) is 35.3 Å². The number of alkyl halides is 1. The summed E-state index contributed by atoms with van der Waals surface area (Å²) in [6.07, 6.45) is -0.0227. The Kier molecular flexibility index (Phi) is 5.20. The van der Waals surface area contributed by atoms with Gasteiger partial charge >= 0.3 is 0 Å². The van der Waals surface area contributed by atoms with E-state index in [0.717, 1.165) is 11.8 Å². The van der Waals surface area contributed by atoms with Crippen LogP contribution in [0.4, 0.5) is 4.39 Å². The molecule has 1 aliphatic rings. The van der Waals surface area contributed by atoms with E-state index in [1.165, 1.54) is 16.1 Å². The average Bonchev–Trinajstić information content (AvgIpc) is 3.32. The van der Waals surface area contributed by atoms with E-state index in [0.29, 0.717) is 33.3 Å². The maximum Gasteiger partial charge on any atom is 0.268 e. The maximum atomic E-state index is 14.5. The molecule has 4 aromatic rings. The van der Waals surface area contributed by atoms with Crippen LogP contribution in [0.2, 0.25) is 0 Å². The number of benzene rings is 3. The van der Waals surface area contributed by atoms with E-state index < -0.39 is 32.1 Å². The van der Waals surface area contributed by atoms with Crippen molar-refractivity contribution in [1.29, 1.82) is 0 Å². The van der Waals surface area contributed by atoms with E-state index in [-0.39, 0.29) is 16.2 Å². The van der Waals surface area contributed by atoms with Crippen molar-refractivity contribution in [1.82, 2.24) is 3.97 Å². The normalized spacial score (nSPS) is 18.4. The van der Waals surface area contributed by atoms with Crippen LogP contribution in [-0.2, 0) is 26.3 Å². The van der Waals surface area contributed by atoms with Crippen LogP contribution in [0.5, 0.6) is 0 Å². The minimum Gasteiger partial charge on any atom is -0.322 e. The monoisotopic (exact) mass is 498 g/mol. The van der Waals surface area contributed by atoms with Gasteiger partial charge in [0.2, 0.25) is 0 Å². The fraction of sp³-hybridized carbons (Fsp3) is 0.200. The molecular weight excluding hydrogens is 475 g/mol. The molecule has 3 aromatic carbocycles. The first kappa shape index (κ1) is 22.8. The highest BCUT2D eigenvalue weighted by molar-refractivity contribution is 7.90. The highest BCUT2D eigenvalue weighted by Crippen LogP contribution is 2.41. The van der Waals surface area contributed by atoms with Gasteiger partial charge in [-0.25, -0.2) is 25.2 Å². The molecule has 2 N–H and O–H groups in total. The van der Waals surface area contributed by atoms with Crippen LogP contribution >= 0.6 is 0 Å². The van der Waals surface area contributed by atoms with Gasteiger partial charge in [0, 0.05) is 18.1 Å². The minimum absolute atomic E-state index is 0.106. The standard InChI is InChI=1S/C25H23FN2O4S2/c1-15-3-7-18(8-4-15)34(31,32)28-23-12-11-19-20(13-22(26)25(19)27)21(23)14-24(28)16-5-9-17(10-6-16)33(2,29)30/h3-12,14,22,25H,13,27H2,1-2H3/t22-,25+/m0/s1. The topological polar surface area (TPSA) is 99.2 Å². The van der Waals surface area contributed by atoms with Crippen LogP contribution in [0.3, 0.4) is 0 Å². The Morgan fingerprint density at radius 2 is 1.53 bits per heavy atom. The number of aryl methyl sites for hydroxylation is 1. The molecule has 0 spiro atoms. The number of hydrogen-bond acceptors (Lipinski definition) is 5. The van der Waals surface area contributed by atoms with Gasteiger partial charge in [-0.1, -0.05) is 35.9 Å². The Morgan fingerprint density at radius 3 is 2.15 bits per heavy atom. The summed E-state index contributed by atoms with van der Waals surface area (Å²) in [5, 5.41) is 0.617. The van der Waals surface area contributed by atoms with E-state index >= 15 is 0 Å². The maximum absolute atomic E-state index is 14.5. The molecule has 1 aliphatic carbocycles. The summed E-state index contributed by atoms with van der Waals surface area (Å²) in [4.78, 5) is 0.248. The number of rotatable bonds is 4. The zero-order chi connectivity index (χ0) is 24.4. The van der Waals surface area contributed by atoms with Crippen molar-refractivity contribution in [3.05, 3.63) is 83.4 Å². The first-order chi connectivity index (χ1) is 16.0. The zero-order valence-electron chi connectivity index (χ0n) is 18.6. The van der Waals surface area contributed by atoms with Gasteiger partial charge in [-0.15, -0.1) is 0 Å². The third-order valence-electron chi connectivity index (χ3n) is 6.37. The average molecular weight is 499 g/mol. The summed E-state index contributed by atoms with van der Waals surface area (Å²) in [7, 11) is -7.44. The van der Waals surface area contributed by atoms with Crippen molar-refractivity contribution in [3.8, 4) is 11.3 Å². The quantitative estimate of drug-likeness (QED) is 0.456. The van der Waals surface area contributed by atoms with Gasteiger partial charge < -0.3 is 5.73 Å². The Balaban J connectivity index is 1.81. The Bertz CT molecular complexity index is 1640. The number of nitrogens with zero attached hydrogens (tertiary/aromatic N) is 1. The Hall–Kier alpha value is -3.01. The van der Waals surface area contributed by atoms with Gasteiger partial charge in [0.25, 0.3) is 10.0 Å². The van der Waals surface area contributed by atoms with Gasteiger partial charge in [0.1, 0.15) is 6.17 Å². The van der Waals surface area contributed by atoms with Gasteiger partial charge in [0.15, 0.2) is 9.84 Å². The van der Waals surface area contributed by atoms with Gasteiger partial charge in [-0.05, 0) is 60.0 Å². The summed E-state index contributed by atoms with van der Waals surface area (Å²) in [6.45, 7) is 1.87. The van der Waals surface area contributed by atoms with Crippen LogP contribution in [0.15, 0.2) is 76.5 Å². The summed E-state index contributed by atoms with van der Waals surface area (Å²) in [5.41, 5.74) is 9.62. The summed E-state index contributed by atoms with van der Waals surface area (Å²) < 4.78 is 67.2. The molecule has 0 bridgehead atoms. The number of halogens is 1. The number of sulfone groups is 1. The van der Waals surface area contributed by atoms with E-state index in [1.807, 2.05) is 6.92 Å². The smallest absolute Gasteiger partial charge is 0.268 e. The predicted molar refractivity (Wildman–Crippen MR) is 130 cm³/mol. The molecule has 0 aliphatic heterocycles. The van der Waals surface area contributed by atoms with Gasteiger partial charge in [-0.3, -0.25) is 0 Å². The number of nitrogens with two attached hydrogens (primary N) is 1. The van der Waals surface area contributed by atoms with Crippen molar-refractivity contribution < 1.29 is 21.2 Å². The largest absolute Gasteiger partial charge is 0.322 e. The molecule has 1 heterocycles. The molecule has 2 atom stereocenters. The van der Waals surface area contributed by atoms with E-state index in [2.05, 4.69) is 0 Å². The van der Waals surface area contributed by atoms with Gasteiger partial charge in [0.05, 0.1) is 27.0 Å². The third kappa shape index (κ3) is 3.55. The van der Waals surface area contributed by atoms with Crippen LogP contribution in [-0.4, -0.2) is 33.2 Å². The van der Waals surface area contributed by atoms with Crippen LogP contribution < -0.4 is 5.73 Å². The van der Waals surface area contributed by atoms with Crippen molar-refractivity contribution in [2.75, 3.05) is 6.26 Å². The lowest BCUT2D eigenvalue weighted by Crippen LogP contribution is -2.17. The van der Waals surface area contributed by atoms with Crippen molar-refractivity contribution in [2.24, 2.45) is 5.73 Å². The molecule has 176 valence electrons. The lowest BCUT2D eigenvalue weighted by Gasteiger charge is -2.13. The predicted octanol–water partition coefficient (Wildman–Crippen LogP) is 4.15. The fourth-order valence-corrected chi connectivity index (χ4v) is 6.69. The molecule has 0 fully saturated rings. The number of aromatic nitrogens is 1. The summed E-state index contributed by atoms with van der Waals surface area (Å²) in [5.74, 6) is 0. The minimum atomic E-state index is -4.03. The number of hydrogen-bond donors (Lipinski definition) is 1. The van der Waals surface area contributed by atoms with E-state index in [1.54, 1.807) is 54.6 Å². The molecule has 9 heteroatoms. The first-order valence-electron chi connectivity index (χ1n) is 10.7. The summed E-state index contributed by atoms with van der Waals surface area (Å²) >= 11 is 0. The molecule has 0 unspecified atom stereocenters. The lowest BCUT2D eigenvalue weighted by atomic mass is 10.0. The fourth-order valence-electron chi connectivity index (χ4n) is 4.54. The molecule has 34 heavy (non-hydrogen) atoms. The molecule has 0 amide bonds. The molecule has 0 radical (unpaired) electrons. The Labute approximate surface area is 197 Å². The van der Waals surface area contributed by atoms with Crippen molar-refractivity contribution in [3.63, 3.8) is 0 Å². The zero-order valence-corrected chi connectivity index (χ0v) is 20.2. The van der Waals surface area contributed by atoms with Crippen LogP contribution in [0.25, 0.3) is 22.2 Å². The highest BCUT2D eigenvalue weighted by Gasteiger charge is 2.33. The molecule has 0 saturated carbocycles. The molecule has 6 nitrogen and oxygen atoms in total. The molecular formula is C25H23FN2O4S2. The van der Waals surface area contributed by atoms with Crippen molar-refractivity contribution >= 4 is 30.8 Å². The van der Waals surface area contributed by atoms with Gasteiger partial charge in [-0.2, -0.15) is 0 Å². The second kappa shape index (κ2) is 7.76. The third-order valence-corrected chi connectivity index (χ3v) is 9.24. The van der Waals surface area contributed by atoms with E-state index in [9.17, 15) is 21.2 Å². The second-order valence-corrected chi connectivity index (χ2v) is 12.5. The Morgan fingerprint density at radius 1 is 0.912 bits per heavy atom. The highest BCUT2D eigenvalue weighted by atomic mass is 32.2. The molecule has 1 aromatic heterocycles. The summed E-state index contributed by atoms with van der Waals surface area (Å²) in [6, 6.07) is 16.9. The number of fused-ring (bicyclic) bond motifs is 3.